The van der Waals surface area contributed by atoms with Crippen molar-refractivity contribution < 1.29 is 0 Å². The van der Waals surface area contributed by atoms with Crippen molar-refractivity contribution in [2.75, 3.05) is 0 Å². The van der Waals surface area contributed by atoms with Crippen molar-refractivity contribution in [3.05, 3.63) is 18.0 Å². The first-order valence-corrected chi connectivity index (χ1v) is 6.37. The molecule has 0 aromatic carbocycles. The fourth-order valence-electron chi connectivity index (χ4n) is 2.03. The van der Waals surface area contributed by atoms with Crippen molar-refractivity contribution >= 4 is 0 Å². The average molecular weight is 223 g/mol. The highest BCUT2D eigenvalue weighted by molar-refractivity contribution is 5.01. The van der Waals surface area contributed by atoms with Crippen LogP contribution >= 0.6 is 0 Å². The smallest absolute Gasteiger partial charge is 0.0492 e. The lowest BCUT2D eigenvalue weighted by molar-refractivity contribution is 0.340. The molecule has 3 nitrogen and oxygen atoms in total. The van der Waals surface area contributed by atoms with E-state index in [-0.39, 0.29) is 5.54 Å². The van der Waals surface area contributed by atoms with E-state index in [1.165, 1.54) is 18.5 Å². The van der Waals surface area contributed by atoms with Crippen LogP contribution in [-0.2, 0) is 13.5 Å². The largest absolute Gasteiger partial charge is 0.325 e. The molecule has 92 valence electrons. The van der Waals surface area contributed by atoms with Gasteiger partial charge in [0.25, 0.3) is 0 Å². The van der Waals surface area contributed by atoms with Crippen molar-refractivity contribution in [1.82, 2.24) is 9.78 Å². The molecule has 0 aliphatic rings. The maximum Gasteiger partial charge on any atom is 0.0492 e. The zero-order chi connectivity index (χ0) is 12.0. The van der Waals surface area contributed by atoms with Crippen LogP contribution in [0.15, 0.2) is 12.3 Å². The molecule has 1 aromatic heterocycles. The molecule has 16 heavy (non-hydrogen) atoms. The molecule has 0 aliphatic heterocycles. The van der Waals surface area contributed by atoms with Gasteiger partial charge < -0.3 is 5.73 Å². The van der Waals surface area contributed by atoms with Gasteiger partial charge >= 0.3 is 0 Å². The van der Waals surface area contributed by atoms with E-state index < -0.39 is 0 Å². The SMILES string of the molecule is CCCCC(N)(CC)CCc1ccnn1C. The topological polar surface area (TPSA) is 43.8 Å². The van der Waals surface area contributed by atoms with Gasteiger partial charge in [-0.25, -0.2) is 0 Å². The standard InChI is InChI=1S/C13H25N3/c1-4-6-9-13(14,5-2)10-7-12-8-11-15-16(12)3/h8,11H,4-7,9-10,14H2,1-3H3. The molecule has 3 heteroatoms. The van der Waals surface area contributed by atoms with E-state index in [0.717, 1.165) is 25.7 Å². The number of rotatable bonds is 7. The minimum atomic E-state index is 0.0142. The summed E-state index contributed by atoms with van der Waals surface area (Å²) in [7, 11) is 1.99. The lowest BCUT2D eigenvalue weighted by Crippen LogP contribution is -2.39. The predicted molar refractivity (Wildman–Crippen MR) is 68.3 cm³/mol. The van der Waals surface area contributed by atoms with Crippen molar-refractivity contribution in [2.24, 2.45) is 12.8 Å². The Bertz CT molecular complexity index is 306. The minimum Gasteiger partial charge on any atom is -0.325 e. The summed E-state index contributed by atoms with van der Waals surface area (Å²) in [6.45, 7) is 4.41. The fraction of sp³-hybridized carbons (Fsp3) is 0.769. The van der Waals surface area contributed by atoms with E-state index in [1.807, 2.05) is 17.9 Å². The van der Waals surface area contributed by atoms with Gasteiger partial charge in [0, 0.05) is 24.5 Å². The highest BCUT2D eigenvalue weighted by atomic mass is 15.2. The molecule has 0 aliphatic carbocycles. The Morgan fingerprint density at radius 2 is 2.12 bits per heavy atom. The molecular weight excluding hydrogens is 198 g/mol. The van der Waals surface area contributed by atoms with Crippen molar-refractivity contribution in [3.63, 3.8) is 0 Å². The highest BCUT2D eigenvalue weighted by Gasteiger charge is 2.21. The second-order valence-corrected chi connectivity index (χ2v) is 4.77. The van der Waals surface area contributed by atoms with Crippen molar-refractivity contribution in [2.45, 2.75) is 57.9 Å². The molecule has 0 saturated heterocycles. The molecule has 0 amide bonds. The van der Waals surface area contributed by atoms with Gasteiger partial charge in [0.05, 0.1) is 0 Å². The maximum absolute atomic E-state index is 6.42. The van der Waals surface area contributed by atoms with Gasteiger partial charge in [0.2, 0.25) is 0 Å². The summed E-state index contributed by atoms with van der Waals surface area (Å²) in [5.41, 5.74) is 7.71. The predicted octanol–water partition coefficient (Wildman–Crippen LogP) is 2.65. The Balaban J connectivity index is 2.47. The number of hydrogen-bond acceptors (Lipinski definition) is 2. The van der Waals surface area contributed by atoms with Crippen LogP contribution in [-0.4, -0.2) is 15.3 Å². The third-order valence-corrected chi connectivity index (χ3v) is 3.53. The van der Waals surface area contributed by atoms with Crippen LogP contribution in [0.25, 0.3) is 0 Å². The Morgan fingerprint density at radius 3 is 2.62 bits per heavy atom. The summed E-state index contributed by atoms with van der Waals surface area (Å²) in [6.07, 6.45) is 8.60. The molecular formula is C13H25N3. The molecule has 1 unspecified atom stereocenters. The molecule has 0 radical (unpaired) electrons. The molecule has 1 aromatic rings. The summed E-state index contributed by atoms with van der Waals surface area (Å²) in [4.78, 5) is 0. The van der Waals surface area contributed by atoms with E-state index >= 15 is 0 Å². The second-order valence-electron chi connectivity index (χ2n) is 4.77. The van der Waals surface area contributed by atoms with Crippen LogP contribution in [0, 0.1) is 0 Å². The highest BCUT2D eigenvalue weighted by Crippen LogP contribution is 2.21. The molecule has 0 bridgehead atoms. The Hall–Kier alpha value is -0.830. The summed E-state index contributed by atoms with van der Waals surface area (Å²) in [5.74, 6) is 0. The van der Waals surface area contributed by atoms with E-state index in [0.29, 0.717) is 0 Å². The first kappa shape index (κ1) is 13.2. The molecule has 1 atom stereocenters. The number of aromatic nitrogens is 2. The van der Waals surface area contributed by atoms with E-state index in [9.17, 15) is 0 Å². The van der Waals surface area contributed by atoms with E-state index in [1.54, 1.807) is 0 Å². The van der Waals surface area contributed by atoms with Crippen LogP contribution in [0.3, 0.4) is 0 Å². The summed E-state index contributed by atoms with van der Waals surface area (Å²) in [5, 5.41) is 4.18. The van der Waals surface area contributed by atoms with Crippen LogP contribution in [0.4, 0.5) is 0 Å². The summed E-state index contributed by atoms with van der Waals surface area (Å²) >= 11 is 0. The molecule has 0 saturated carbocycles. The summed E-state index contributed by atoms with van der Waals surface area (Å²) < 4.78 is 1.94. The molecule has 0 spiro atoms. The molecule has 1 heterocycles. The van der Waals surface area contributed by atoms with Gasteiger partial charge in [-0.15, -0.1) is 0 Å². The van der Waals surface area contributed by atoms with Crippen molar-refractivity contribution in [3.8, 4) is 0 Å². The quantitative estimate of drug-likeness (QED) is 0.772. The summed E-state index contributed by atoms with van der Waals surface area (Å²) in [6, 6.07) is 2.08. The van der Waals surface area contributed by atoms with Gasteiger partial charge in [-0.3, -0.25) is 4.68 Å². The lowest BCUT2D eigenvalue weighted by Gasteiger charge is -2.28. The van der Waals surface area contributed by atoms with E-state index in [4.69, 9.17) is 5.73 Å². The Kier molecular flexibility index (Phi) is 5.00. The Morgan fingerprint density at radius 1 is 1.38 bits per heavy atom. The Labute approximate surface area is 99.0 Å². The number of unbranched alkanes of at least 4 members (excludes halogenated alkanes) is 1. The fourth-order valence-corrected chi connectivity index (χ4v) is 2.03. The zero-order valence-corrected chi connectivity index (χ0v) is 10.9. The van der Waals surface area contributed by atoms with Gasteiger partial charge in [-0.2, -0.15) is 5.10 Å². The van der Waals surface area contributed by atoms with Gasteiger partial charge in [-0.1, -0.05) is 26.7 Å². The minimum absolute atomic E-state index is 0.0142. The number of hydrogen-bond donors (Lipinski definition) is 1. The van der Waals surface area contributed by atoms with Crippen LogP contribution < -0.4 is 5.73 Å². The monoisotopic (exact) mass is 223 g/mol. The third kappa shape index (κ3) is 3.63. The van der Waals surface area contributed by atoms with Crippen LogP contribution in [0.2, 0.25) is 0 Å². The first-order valence-electron chi connectivity index (χ1n) is 6.37. The zero-order valence-electron chi connectivity index (χ0n) is 10.9. The van der Waals surface area contributed by atoms with Crippen LogP contribution in [0.1, 0.15) is 51.6 Å². The second kappa shape index (κ2) is 6.04. The number of aryl methyl sites for hydroxylation is 2. The lowest BCUT2D eigenvalue weighted by atomic mass is 9.86. The third-order valence-electron chi connectivity index (χ3n) is 3.53. The normalized spacial score (nSPS) is 15.0. The molecule has 1 rings (SSSR count). The van der Waals surface area contributed by atoms with E-state index in [2.05, 4.69) is 25.0 Å². The van der Waals surface area contributed by atoms with Gasteiger partial charge in [0.1, 0.15) is 0 Å². The first-order chi connectivity index (χ1) is 7.61. The maximum atomic E-state index is 6.42. The number of nitrogens with zero attached hydrogens (tertiary/aromatic N) is 2. The average Bonchev–Trinajstić information content (AvgIpc) is 2.70. The van der Waals surface area contributed by atoms with Gasteiger partial charge in [-0.05, 0) is 31.7 Å². The molecule has 0 fully saturated rings. The van der Waals surface area contributed by atoms with Crippen LogP contribution in [0.5, 0.6) is 0 Å². The molecule has 2 N–H and O–H groups in total. The van der Waals surface area contributed by atoms with Crippen molar-refractivity contribution in [1.29, 1.82) is 0 Å². The number of nitrogens with two attached hydrogens (primary N) is 1. The van der Waals surface area contributed by atoms with Gasteiger partial charge in [0.15, 0.2) is 0 Å².